The lowest BCUT2D eigenvalue weighted by molar-refractivity contribution is -0.166. The molecule has 0 amide bonds. The molecule has 0 radical (unpaired) electrons. The first-order chi connectivity index (χ1) is 38.0. The highest BCUT2D eigenvalue weighted by atomic mass is 16.6. The molecule has 6 nitrogen and oxygen atoms in total. The second-order valence-corrected chi connectivity index (χ2v) is 18.8. The van der Waals surface area contributed by atoms with Crippen LogP contribution in [0.2, 0.25) is 0 Å². The summed E-state index contributed by atoms with van der Waals surface area (Å²) >= 11 is 0. The average Bonchev–Trinajstić information content (AvgIpc) is 3.43. The maximum atomic E-state index is 12.8. The van der Waals surface area contributed by atoms with Crippen LogP contribution in [0.15, 0.2) is 194 Å². The summed E-state index contributed by atoms with van der Waals surface area (Å²) in [5, 5.41) is 0. The van der Waals surface area contributed by atoms with Gasteiger partial charge < -0.3 is 14.2 Å². The van der Waals surface area contributed by atoms with E-state index in [4.69, 9.17) is 14.2 Å². The standard InChI is InChI=1S/C71H106O6/c1-4-7-10-13-16-19-22-25-27-28-29-30-31-32-33-34-35-36-37-38-39-40-41-42-44-46-49-52-55-58-61-64-70(73)76-67-68(66-75-69(72)63-60-57-54-51-48-45-24-21-18-15-12-9-6-3)77-71(74)65-62-59-56-53-50-47-43-26-23-20-17-14-11-8-5-2/h7-8,10-12,15-17,19-21,24-27,29-30,32-33,35-36,38-39,41-43,46,49-50,53,59,62,68H,4-6,9,13-14,18,22-23,28,31,34,37,40,44-45,47-48,51-52,54-58,60-61,63-67H2,1-3H3/b10-7-,11-8-,15-12-,19-16-,20-17-,24-21-,27-25-,30-29-,33-32-,36-35-,39-38-,42-41-,43-26-,49-46-,53-50-,62-59-. The third-order valence-corrected chi connectivity index (χ3v) is 11.6. The Balaban J connectivity index is 4.49. The molecule has 0 rings (SSSR count). The second kappa shape index (κ2) is 62.8. The maximum Gasteiger partial charge on any atom is 0.310 e. The third-order valence-electron chi connectivity index (χ3n) is 11.6. The van der Waals surface area contributed by atoms with E-state index in [1.807, 2.05) is 6.08 Å². The van der Waals surface area contributed by atoms with Crippen LogP contribution < -0.4 is 0 Å². The number of rotatable bonds is 51. The zero-order valence-electron chi connectivity index (χ0n) is 48.6. The lowest BCUT2D eigenvalue weighted by Gasteiger charge is -2.18. The first-order valence-corrected chi connectivity index (χ1v) is 29.9. The lowest BCUT2D eigenvalue weighted by Crippen LogP contribution is -2.30. The molecule has 1 atom stereocenters. The van der Waals surface area contributed by atoms with Crippen LogP contribution in [0.3, 0.4) is 0 Å². The minimum atomic E-state index is -0.864. The molecule has 0 aliphatic heterocycles. The van der Waals surface area contributed by atoms with Gasteiger partial charge in [-0.25, -0.2) is 0 Å². The monoisotopic (exact) mass is 1050 g/mol. The Hall–Kier alpha value is -5.75. The van der Waals surface area contributed by atoms with Gasteiger partial charge in [0, 0.05) is 12.8 Å². The number of unbranched alkanes of at least 4 members (excludes halogenated alkanes) is 9. The lowest BCUT2D eigenvalue weighted by atomic mass is 10.1. The van der Waals surface area contributed by atoms with Gasteiger partial charge in [-0.05, 0) is 141 Å². The predicted molar refractivity (Wildman–Crippen MR) is 334 cm³/mol. The van der Waals surface area contributed by atoms with Crippen molar-refractivity contribution in [1.29, 1.82) is 0 Å². The Bertz CT molecular complexity index is 1880. The summed E-state index contributed by atoms with van der Waals surface area (Å²) in [7, 11) is 0. The van der Waals surface area contributed by atoms with E-state index in [1.165, 1.54) is 6.42 Å². The molecule has 0 N–H and O–H groups in total. The fourth-order valence-electron chi connectivity index (χ4n) is 7.19. The zero-order chi connectivity index (χ0) is 55.7. The number of ether oxygens (including phenoxy) is 3. The van der Waals surface area contributed by atoms with Crippen LogP contribution in [-0.4, -0.2) is 37.2 Å². The van der Waals surface area contributed by atoms with Gasteiger partial charge in [0.2, 0.25) is 0 Å². The van der Waals surface area contributed by atoms with E-state index >= 15 is 0 Å². The van der Waals surface area contributed by atoms with Crippen molar-refractivity contribution in [3.63, 3.8) is 0 Å². The summed E-state index contributed by atoms with van der Waals surface area (Å²) in [5.41, 5.74) is 0. The van der Waals surface area contributed by atoms with E-state index in [2.05, 4.69) is 203 Å². The number of carbonyl (C=O) groups is 3. The number of carbonyl (C=O) groups excluding carboxylic acids is 3. The minimum Gasteiger partial charge on any atom is -0.462 e. The Labute approximate surface area is 471 Å². The molecule has 0 heterocycles. The Morgan fingerprint density at radius 2 is 0.545 bits per heavy atom. The average molecular weight is 1060 g/mol. The van der Waals surface area contributed by atoms with E-state index in [-0.39, 0.29) is 38.0 Å². The van der Waals surface area contributed by atoms with E-state index in [0.29, 0.717) is 19.3 Å². The van der Waals surface area contributed by atoms with Crippen LogP contribution in [0.4, 0.5) is 0 Å². The molecule has 0 aromatic rings. The number of esters is 3. The quantitative estimate of drug-likeness (QED) is 0.0261. The van der Waals surface area contributed by atoms with Gasteiger partial charge in [-0.3, -0.25) is 14.4 Å². The van der Waals surface area contributed by atoms with Crippen molar-refractivity contribution in [1.82, 2.24) is 0 Å². The van der Waals surface area contributed by atoms with Gasteiger partial charge >= 0.3 is 17.9 Å². The molecule has 0 aromatic carbocycles. The van der Waals surface area contributed by atoms with Crippen molar-refractivity contribution < 1.29 is 28.6 Å². The number of allylic oxidation sites excluding steroid dienone is 31. The van der Waals surface area contributed by atoms with Crippen molar-refractivity contribution in [3.05, 3.63) is 194 Å². The highest BCUT2D eigenvalue weighted by Gasteiger charge is 2.19. The normalized spacial score (nSPS) is 13.5. The van der Waals surface area contributed by atoms with Gasteiger partial charge in [0.15, 0.2) is 6.10 Å². The van der Waals surface area contributed by atoms with Crippen LogP contribution in [0.25, 0.3) is 0 Å². The van der Waals surface area contributed by atoms with E-state index in [1.54, 1.807) is 6.08 Å². The molecular formula is C71H106O6. The van der Waals surface area contributed by atoms with Crippen molar-refractivity contribution in [2.75, 3.05) is 13.2 Å². The Morgan fingerprint density at radius 1 is 0.286 bits per heavy atom. The Morgan fingerprint density at radius 3 is 0.870 bits per heavy atom. The zero-order valence-corrected chi connectivity index (χ0v) is 48.6. The molecule has 77 heavy (non-hydrogen) atoms. The van der Waals surface area contributed by atoms with Crippen LogP contribution >= 0.6 is 0 Å². The molecule has 0 fully saturated rings. The van der Waals surface area contributed by atoms with Crippen LogP contribution in [0, 0.1) is 0 Å². The highest BCUT2D eigenvalue weighted by Crippen LogP contribution is 2.11. The van der Waals surface area contributed by atoms with E-state index in [0.717, 1.165) is 154 Å². The molecule has 0 aliphatic carbocycles. The largest absolute Gasteiger partial charge is 0.462 e. The van der Waals surface area contributed by atoms with E-state index in [9.17, 15) is 14.4 Å². The summed E-state index contributed by atoms with van der Waals surface area (Å²) in [6.07, 6.45) is 96.0. The van der Waals surface area contributed by atoms with Crippen LogP contribution in [-0.2, 0) is 28.6 Å². The second-order valence-electron chi connectivity index (χ2n) is 18.8. The molecule has 0 bridgehead atoms. The molecule has 1 unspecified atom stereocenters. The summed E-state index contributed by atoms with van der Waals surface area (Å²) in [6.45, 7) is 6.19. The smallest absolute Gasteiger partial charge is 0.310 e. The number of hydrogen-bond acceptors (Lipinski definition) is 6. The van der Waals surface area contributed by atoms with E-state index < -0.39 is 12.1 Å². The van der Waals surface area contributed by atoms with Gasteiger partial charge in [-0.15, -0.1) is 0 Å². The summed E-state index contributed by atoms with van der Waals surface area (Å²) < 4.78 is 16.7. The van der Waals surface area contributed by atoms with Gasteiger partial charge in [-0.1, -0.05) is 247 Å². The van der Waals surface area contributed by atoms with Gasteiger partial charge in [0.05, 0.1) is 6.42 Å². The van der Waals surface area contributed by atoms with Gasteiger partial charge in [0.1, 0.15) is 13.2 Å². The molecular weight excluding hydrogens is 949 g/mol. The molecule has 426 valence electrons. The molecule has 0 saturated carbocycles. The van der Waals surface area contributed by atoms with Crippen LogP contribution in [0.5, 0.6) is 0 Å². The maximum absolute atomic E-state index is 12.8. The molecule has 0 aromatic heterocycles. The van der Waals surface area contributed by atoms with Crippen molar-refractivity contribution in [3.8, 4) is 0 Å². The topological polar surface area (TPSA) is 78.9 Å². The summed E-state index contributed by atoms with van der Waals surface area (Å²) in [5.74, 6) is -1.14. The SMILES string of the molecule is CC/C=C\C/C=C\C/C=C\C/C=C\C/C=C\C/C=C\C/C=C\C/C=C\C/C=C\CCCCCC(=O)OCC(COC(=O)CCCCCCC/C=C\C/C=C\CCC)OC(=O)C/C=C\C/C=C\C/C=C\C/C=C\C/C=C\CC. The molecule has 0 aliphatic rings. The van der Waals surface area contributed by atoms with Crippen molar-refractivity contribution in [2.45, 2.75) is 219 Å². The number of hydrogen-bond donors (Lipinski definition) is 0. The molecule has 0 saturated heterocycles. The first-order valence-electron chi connectivity index (χ1n) is 29.9. The fourth-order valence-corrected chi connectivity index (χ4v) is 7.19. The third kappa shape index (κ3) is 61.0. The fraction of sp³-hybridized carbons (Fsp3) is 0.507. The van der Waals surface area contributed by atoms with Gasteiger partial charge in [0.25, 0.3) is 0 Å². The van der Waals surface area contributed by atoms with Crippen molar-refractivity contribution >= 4 is 17.9 Å². The highest BCUT2D eigenvalue weighted by molar-refractivity contribution is 5.72. The molecule has 0 spiro atoms. The van der Waals surface area contributed by atoms with Crippen LogP contribution in [0.1, 0.15) is 213 Å². The summed E-state index contributed by atoms with van der Waals surface area (Å²) in [4.78, 5) is 38.1. The Kier molecular flexibility index (Phi) is 58.1. The minimum absolute atomic E-state index is 0.0755. The van der Waals surface area contributed by atoms with Crippen molar-refractivity contribution in [2.24, 2.45) is 0 Å². The summed E-state index contributed by atoms with van der Waals surface area (Å²) in [6, 6.07) is 0. The predicted octanol–water partition coefficient (Wildman–Crippen LogP) is 20.6. The molecule has 6 heteroatoms. The first kappa shape index (κ1) is 71.2. The van der Waals surface area contributed by atoms with Gasteiger partial charge in [-0.2, -0.15) is 0 Å².